The number of hydrogen-bond acceptors (Lipinski definition) is 3. The van der Waals surface area contributed by atoms with Gasteiger partial charge in [-0.25, -0.2) is 0 Å². The summed E-state index contributed by atoms with van der Waals surface area (Å²) in [6.45, 7) is 14.4. The first-order chi connectivity index (χ1) is 7.08. The van der Waals surface area contributed by atoms with Crippen LogP contribution in [0.1, 0.15) is 54.9 Å². The van der Waals surface area contributed by atoms with Gasteiger partial charge in [0.05, 0.1) is 5.41 Å². The summed E-state index contributed by atoms with van der Waals surface area (Å²) in [6.07, 6.45) is 1.06. The number of hydrogen-bond donors (Lipinski definition) is 1. The topological polar surface area (TPSA) is 38.3 Å². The summed E-state index contributed by atoms with van der Waals surface area (Å²) in [5.41, 5.74) is -0.887. The van der Waals surface area contributed by atoms with Crippen molar-refractivity contribution in [2.24, 2.45) is 5.41 Å². The third-order valence-corrected chi connectivity index (χ3v) is 2.46. The lowest BCUT2D eigenvalue weighted by Gasteiger charge is -2.29. The zero-order chi connectivity index (χ0) is 13.0. The molecule has 0 bridgehead atoms. The highest BCUT2D eigenvalue weighted by Crippen LogP contribution is 2.20. The first kappa shape index (κ1) is 15.4. The van der Waals surface area contributed by atoms with Crippen molar-refractivity contribution >= 4 is 5.97 Å². The molecule has 0 aromatic rings. The molecule has 0 rings (SSSR count). The summed E-state index contributed by atoms with van der Waals surface area (Å²) in [5, 5.41) is 3.34. The average Bonchev–Trinajstić information content (AvgIpc) is 2.11. The van der Waals surface area contributed by atoms with Crippen LogP contribution in [-0.4, -0.2) is 24.2 Å². The molecule has 0 aliphatic rings. The minimum absolute atomic E-state index is 0.143. The lowest BCUT2D eigenvalue weighted by Crippen LogP contribution is -2.42. The first-order valence-electron chi connectivity index (χ1n) is 6.05. The van der Waals surface area contributed by atoms with E-state index in [0.29, 0.717) is 12.6 Å². The van der Waals surface area contributed by atoms with E-state index in [2.05, 4.69) is 19.2 Å². The number of carbonyl (C=O) groups is 1. The minimum Gasteiger partial charge on any atom is -0.460 e. The summed E-state index contributed by atoms with van der Waals surface area (Å²) >= 11 is 0. The van der Waals surface area contributed by atoms with Gasteiger partial charge in [-0.2, -0.15) is 0 Å². The van der Waals surface area contributed by atoms with Gasteiger partial charge in [-0.05, 0) is 48.0 Å². The van der Waals surface area contributed by atoms with Crippen molar-refractivity contribution in [3.05, 3.63) is 0 Å². The predicted molar refractivity (Wildman–Crippen MR) is 67.4 cm³/mol. The van der Waals surface area contributed by atoms with Gasteiger partial charge in [-0.15, -0.1) is 0 Å². The second-order valence-electron chi connectivity index (χ2n) is 6.08. The summed E-state index contributed by atoms with van der Waals surface area (Å²) < 4.78 is 5.39. The van der Waals surface area contributed by atoms with E-state index in [9.17, 15) is 4.79 Å². The standard InChI is InChI=1S/C13H27NO2/c1-8-10(2)14-9-13(6,7)11(15)16-12(3,4)5/h10,14H,8-9H2,1-7H3. The second-order valence-corrected chi connectivity index (χ2v) is 6.08. The molecule has 16 heavy (non-hydrogen) atoms. The van der Waals surface area contributed by atoms with E-state index in [0.717, 1.165) is 6.42 Å². The molecule has 0 fully saturated rings. The molecule has 0 aromatic heterocycles. The van der Waals surface area contributed by atoms with Gasteiger partial charge in [0, 0.05) is 12.6 Å². The van der Waals surface area contributed by atoms with Crippen LogP contribution in [0.4, 0.5) is 0 Å². The van der Waals surface area contributed by atoms with Crippen molar-refractivity contribution in [2.45, 2.75) is 66.5 Å². The predicted octanol–water partition coefficient (Wildman–Crippen LogP) is 2.74. The van der Waals surface area contributed by atoms with Crippen LogP contribution in [0, 0.1) is 5.41 Å². The third-order valence-electron chi connectivity index (χ3n) is 2.46. The molecule has 0 saturated carbocycles. The Bertz CT molecular complexity index is 229. The normalized spacial score (nSPS) is 14.7. The summed E-state index contributed by atoms with van der Waals surface area (Å²) in [6, 6.07) is 0.432. The zero-order valence-electron chi connectivity index (χ0n) is 11.8. The summed E-state index contributed by atoms with van der Waals surface area (Å²) in [5.74, 6) is -0.143. The van der Waals surface area contributed by atoms with Crippen LogP contribution in [0.2, 0.25) is 0 Å². The van der Waals surface area contributed by atoms with E-state index in [-0.39, 0.29) is 5.97 Å². The highest BCUT2D eigenvalue weighted by Gasteiger charge is 2.32. The van der Waals surface area contributed by atoms with Gasteiger partial charge in [-0.3, -0.25) is 4.79 Å². The molecule has 0 amide bonds. The number of ether oxygens (including phenoxy) is 1. The van der Waals surface area contributed by atoms with Crippen LogP contribution in [0.15, 0.2) is 0 Å². The van der Waals surface area contributed by atoms with Crippen LogP contribution >= 0.6 is 0 Å². The van der Waals surface area contributed by atoms with Gasteiger partial charge in [0.2, 0.25) is 0 Å². The van der Waals surface area contributed by atoms with E-state index in [1.807, 2.05) is 34.6 Å². The van der Waals surface area contributed by atoms with Gasteiger partial charge in [0.25, 0.3) is 0 Å². The van der Waals surface area contributed by atoms with Crippen molar-refractivity contribution < 1.29 is 9.53 Å². The second kappa shape index (κ2) is 5.67. The number of esters is 1. The Morgan fingerprint density at radius 3 is 2.12 bits per heavy atom. The Morgan fingerprint density at radius 1 is 1.25 bits per heavy atom. The molecular formula is C13H27NO2. The summed E-state index contributed by atoms with van der Waals surface area (Å²) in [4.78, 5) is 11.9. The molecule has 0 saturated heterocycles. The molecule has 0 aliphatic heterocycles. The smallest absolute Gasteiger partial charge is 0.313 e. The SMILES string of the molecule is CCC(C)NCC(C)(C)C(=O)OC(C)(C)C. The van der Waals surface area contributed by atoms with Gasteiger partial charge in [0.15, 0.2) is 0 Å². The van der Waals surface area contributed by atoms with Gasteiger partial charge >= 0.3 is 5.97 Å². The van der Waals surface area contributed by atoms with Crippen LogP contribution in [0.5, 0.6) is 0 Å². The van der Waals surface area contributed by atoms with E-state index in [4.69, 9.17) is 4.74 Å². The molecule has 0 aliphatic carbocycles. The van der Waals surface area contributed by atoms with Crippen LogP contribution in [0.25, 0.3) is 0 Å². The Hall–Kier alpha value is -0.570. The zero-order valence-corrected chi connectivity index (χ0v) is 11.8. The monoisotopic (exact) mass is 229 g/mol. The summed E-state index contributed by atoms with van der Waals surface area (Å²) in [7, 11) is 0. The molecule has 1 N–H and O–H groups in total. The Balaban J connectivity index is 4.26. The van der Waals surface area contributed by atoms with E-state index >= 15 is 0 Å². The highest BCUT2D eigenvalue weighted by molar-refractivity contribution is 5.76. The maximum atomic E-state index is 11.9. The van der Waals surface area contributed by atoms with E-state index in [1.165, 1.54) is 0 Å². The third kappa shape index (κ3) is 6.11. The van der Waals surface area contributed by atoms with Gasteiger partial charge in [0.1, 0.15) is 5.60 Å². The molecular weight excluding hydrogens is 202 g/mol. The van der Waals surface area contributed by atoms with Gasteiger partial charge < -0.3 is 10.1 Å². The maximum Gasteiger partial charge on any atom is 0.313 e. The van der Waals surface area contributed by atoms with Crippen molar-refractivity contribution in [1.29, 1.82) is 0 Å². The lowest BCUT2D eigenvalue weighted by atomic mass is 9.93. The van der Waals surface area contributed by atoms with E-state index in [1.54, 1.807) is 0 Å². The van der Waals surface area contributed by atoms with Crippen LogP contribution in [0.3, 0.4) is 0 Å². The van der Waals surface area contributed by atoms with Crippen LogP contribution in [-0.2, 0) is 9.53 Å². The lowest BCUT2D eigenvalue weighted by molar-refractivity contribution is -0.165. The van der Waals surface area contributed by atoms with Crippen molar-refractivity contribution in [2.75, 3.05) is 6.54 Å². The molecule has 0 radical (unpaired) electrons. The van der Waals surface area contributed by atoms with Crippen LogP contribution < -0.4 is 5.32 Å². The molecule has 3 heteroatoms. The first-order valence-corrected chi connectivity index (χ1v) is 6.05. The maximum absolute atomic E-state index is 11.9. The van der Waals surface area contributed by atoms with Crippen molar-refractivity contribution in [3.63, 3.8) is 0 Å². The Labute approximate surface area is 99.9 Å². The fourth-order valence-electron chi connectivity index (χ4n) is 1.06. The molecule has 1 atom stereocenters. The fourth-order valence-corrected chi connectivity index (χ4v) is 1.06. The number of rotatable bonds is 5. The highest BCUT2D eigenvalue weighted by atomic mass is 16.6. The van der Waals surface area contributed by atoms with Gasteiger partial charge in [-0.1, -0.05) is 6.92 Å². The fraction of sp³-hybridized carbons (Fsp3) is 0.923. The average molecular weight is 229 g/mol. The Kier molecular flexibility index (Phi) is 5.47. The molecule has 96 valence electrons. The molecule has 1 unspecified atom stereocenters. The molecule has 0 aromatic carbocycles. The number of nitrogens with one attached hydrogen (secondary N) is 1. The van der Waals surface area contributed by atoms with E-state index < -0.39 is 11.0 Å². The quantitative estimate of drug-likeness (QED) is 0.737. The largest absolute Gasteiger partial charge is 0.460 e. The molecule has 3 nitrogen and oxygen atoms in total. The van der Waals surface area contributed by atoms with Crippen molar-refractivity contribution in [3.8, 4) is 0 Å². The number of carbonyl (C=O) groups excluding carboxylic acids is 1. The molecule has 0 spiro atoms. The Morgan fingerprint density at radius 2 is 1.75 bits per heavy atom. The minimum atomic E-state index is -0.475. The molecule has 0 heterocycles. The van der Waals surface area contributed by atoms with Crippen molar-refractivity contribution in [1.82, 2.24) is 5.32 Å².